The van der Waals surface area contributed by atoms with Crippen LogP contribution in [0.3, 0.4) is 0 Å². The number of hydrogen-bond acceptors (Lipinski definition) is 5. The molecule has 2 rings (SSSR count). The van der Waals surface area contributed by atoms with Gasteiger partial charge in [0.25, 0.3) is 0 Å². The van der Waals surface area contributed by atoms with E-state index in [1.165, 1.54) is 12.8 Å². The first kappa shape index (κ1) is 15.8. The summed E-state index contributed by atoms with van der Waals surface area (Å²) in [6.07, 6.45) is 5.99. The largest absolute Gasteiger partial charge is 0.376 e. The number of ether oxygens (including phenoxy) is 1. The molecular formula is C14H24N4O3. The Morgan fingerprint density at radius 1 is 1.48 bits per heavy atom. The van der Waals surface area contributed by atoms with E-state index in [-0.39, 0.29) is 10.6 Å². The molecule has 0 spiro atoms. The van der Waals surface area contributed by atoms with E-state index < -0.39 is 0 Å². The van der Waals surface area contributed by atoms with Crippen molar-refractivity contribution in [2.75, 3.05) is 18.5 Å². The van der Waals surface area contributed by atoms with Crippen LogP contribution in [0.5, 0.6) is 0 Å². The molecule has 7 nitrogen and oxygen atoms in total. The predicted octanol–water partition coefficient (Wildman–Crippen LogP) is 2.88. The number of nitrogens with one attached hydrogen (secondary N) is 1. The first-order valence-electron chi connectivity index (χ1n) is 7.70. The van der Waals surface area contributed by atoms with Gasteiger partial charge in [0.15, 0.2) is 0 Å². The lowest BCUT2D eigenvalue weighted by Crippen LogP contribution is -2.17. The molecule has 1 aliphatic carbocycles. The minimum Gasteiger partial charge on any atom is -0.376 e. The van der Waals surface area contributed by atoms with Gasteiger partial charge < -0.3 is 10.1 Å². The van der Waals surface area contributed by atoms with Crippen LogP contribution in [-0.4, -0.2) is 34.0 Å². The molecule has 0 radical (unpaired) electrons. The Bertz CT molecular complexity index is 481. The van der Waals surface area contributed by atoms with Crippen LogP contribution in [-0.2, 0) is 11.3 Å². The number of anilines is 1. The van der Waals surface area contributed by atoms with Crippen molar-refractivity contribution in [1.82, 2.24) is 9.78 Å². The Hall–Kier alpha value is -1.63. The fourth-order valence-corrected chi connectivity index (χ4v) is 2.79. The van der Waals surface area contributed by atoms with Crippen LogP contribution >= 0.6 is 0 Å². The summed E-state index contributed by atoms with van der Waals surface area (Å²) in [4.78, 5) is 10.8. The van der Waals surface area contributed by atoms with Crippen molar-refractivity contribution in [2.45, 2.75) is 58.6 Å². The Balaban J connectivity index is 1.94. The van der Waals surface area contributed by atoms with Gasteiger partial charge in [0.2, 0.25) is 5.82 Å². The minimum atomic E-state index is -0.366. The second-order valence-electron chi connectivity index (χ2n) is 5.47. The average molecular weight is 296 g/mol. The molecule has 0 aromatic carbocycles. The Kier molecular flexibility index (Phi) is 5.55. The summed E-state index contributed by atoms with van der Waals surface area (Å²) in [5.41, 5.74) is 0.525. The molecule has 1 aromatic rings. The maximum Gasteiger partial charge on any atom is 0.333 e. The van der Waals surface area contributed by atoms with Crippen LogP contribution in [0.4, 0.5) is 11.5 Å². The number of hydrogen-bond donors (Lipinski definition) is 1. The second-order valence-corrected chi connectivity index (χ2v) is 5.47. The molecule has 0 aliphatic heterocycles. The Morgan fingerprint density at radius 2 is 2.19 bits per heavy atom. The molecule has 0 unspecified atom stereocenters. The summed E-state index contributed by atoms with van der Waals surface area (Å²) < 4.78 is 7.45. The molecule has 1 aliphatic rings. The number of nitrogens with zero attached hydrogens (tertiary/aromatic N) is 3. The molecule has 7 heteroatoms. The third-order valence-corrected chi connectivity index (χ3v) is 3.76. The molecule has 1 saturated carbocycles. The van der Waals surface area contributed by atoms with Gasteiger partial charge in [0.1, 0.15) is 5.69 Å². The van der Waals surface area contributed by atoms with E-state index >= 15 is 0 Å². The van der Waals surface area contributed by atoms with Crippen molar-refractivity contribution in [3.63, 3.8) is 0 Å². The zero-order valence-corrected chi connectivity index (χ0v) is 12.8. The van der Waals surface area contributed by atoms with Gasteiger partial charge in [0, 0.05) is 13.1 Å². The van der Waals surface area contributed by atoms with Crippen molar-refractivity contribution in [3.05, 3.63) is 15.8 Å². The van der Waals surface area contributed by atoms with Gasteiger partial charge in [0.05, 0.1) is 17.6 Å². The molecule has 21 heavy (non-hydrogen) atoms. The minimum absolute atomic E-state index is 0.0734. The fourth-order valence-electron chi connectivity index (χ4n) is 2.79. The highest BCUT2D eigenvalue weighted by Gasteiger charge is 2.24. The quantitative estimate of drug-likeness (QED) is 0.453. The van der Waals surface area contributed by atoms with E-state index in [1.807, 2.05) is 6.92 Å². The van der Waals surface area contributed by atoms with Gasteiger partial charge in [-0.2, -0.15) is 5.10 Å². The number of aryl methyl sites for hydroxylation is 2. The number of aromatic nitrogens is 2. The molecule has 1 aromatic heterocycles. The molecule has 1 fully saturated rings. The molecule has 0 bridgehead atoms. The molecule has 0 atom stereocenters. The second kappa shape index (κ2) is 7.40. The summed E-state index contributed by atoms with van der Waals surface area (Å²) in [5, 5.41) is 18.6. The first-order chi connectivity index (χ1) is 10.1. The van der Waals surface area contributed by atoms with Crippen LogP contribution in [0.2, 0.25) is 0 Å². The monoisotopic (exact) mass is 296 g/mol. The van der Waals surface area contributed by atoms with Crippen LogP contribution < -0.4 is 5.32 Å². The van der Waals surface area contributed by atoms with E-state index in [4.69, 9.17) is 4.74 Å². The molecule has 118 valence electrons. The lowest BCUT2D eigenvalue weighted by molar-refractivity contribution is -0.384. The normalized spacial score (nSPS) is 15.5. The van der Waals surface area contributed by atoms with Crippen LogP contribution in [0.1, 0.15) is 44.7 Å². The highest BCUT2D eigenvalue weighted by Crippen LogP contribution is 2.28. The summed E-state index contributed by atoms with van der Waals surface area (Å²) in [6.45, 7) is 5.49. The molecule has 1 heterocycles. The molecular weight excluding hydrogens is 272 g/mol. The highest BCUT2D eigenvalue weighted by molar-refractivity contribution is 5.59. The van der Waals surface area contributed by atoms with Gasteiger partial charge in [-0.05, 0) is 26.2 Å². The van der Waals surface area contributed by atoms with E-state index in [9.17, 15) is 10.1 Å². The van der Waals surface area contributed by atoms with Gasteiger partial charge in [-0.3, -0.25) is 10.1 Å². The fraction of sp³-hybridized carbons (Fsp3) is 0.786. The Labute approximate surface area is 124 Å². The van der Waals surface area contributed by atoms with Crippen LogP contribution in [0, 0.1) is 17.0 Å². The lowest BCUT2D eigenvalue weighted by Gasteiger charge is -2.12. The summed E-state index contributed by atoms with van der Waals surface area (Å²) in [7, 11) is 0. The average Bonchev–Trinajstić information content (AvgIpc) is 3.03. The van der Waals surface area contributed by atoms with Crippen molar-refractivity contribution >= 4 is 11.5 Å². The van der Waals surface area contributed by atoms with Crippen molar-refractivity contribution in [1.29, 1.82) is 0 Å². The van der Waals surface area contributed by atoms with Gasteiger partial charge in [-0.25, -0.2) is 4.68 Å². The van der Waals surface area contributed by atoms with E-state index in [0.717, 1.165) is 19.3 Å². The predicted molar refractivity (Wildman–Crippen MR) is 80.6 cm³/mol. The van der Waals surface area contributed by atoms with Crippen LogP contribution in [0.25, 0.3) is 0 Å². The van der Waals surface area contributed by atoms with Crippen molar-refractivity contribution in [3.8, 4) is 0 Å². The number of rotatable bonds is 8. The SMILES string of the molecule is CCCn1nc(C)c([N+](=O)[O-])c1NCCOC1CCCC1. The summed E-state index contributed by atoms with van der Waals surface area (Å²) in [6, 6.07) is 0. The number of nitro groups is 1. The third-order valence-electron chi connectivity index (χ3n) is 3.76. The molecule has 0 amide bonds. The Morgan fingerprint density at radius 3 is 2.81 bits per heavy atom. The standard InChI is InChI=1S/C14H24N4O3/c1-3-9-17-14(13(18(19)20)11(2)16-17)15-8-10-21-12-6-4-5-7-12/h12,15H,3-10H2,1-2H3. The first-order valence-corrected chi connectivity index (χ1v) is 7.70. The van der Waals surface area contributed by atoms with E-state index in [0.29, 0.717) is 37.3 Å². The third kappa shape index (κ3) is 3.93. The topological polar surface area (TPSA) is 82.2 Å². The van der Waals surface area contributed by atoms with Crippen molar-refractivity contribution in [2.24, 2.45) is 0 Å². The maximum atomic E-state index is 11.2. The zero-order valence-electron chi connectivity index (χ0n) is 12.8. The van der Waals surface area contributed by atoms with E-state index in [1.54, 1.807) is 11.6 Å². The van der Waals surface area contributed by atoms with Crippen LogP contribution in [0.15, 0.2) is 0 Å². The summed E-state index contributed by atoms with van der Waals surface area (Å²) >= 11 is 0. The van der Waals surface area contributed by atoms with Crippen molar-refractivity contribution < 1.29 is 9.66 Å². The zero-order chi connectivity index (χ0) is 15.2. The van der Waals surface area contributed by atoms with E-state index in [2.05, 4.69) is 10.4 Å². The van der Waals surface area contributed by atoms with Gasteiger partial charge in [-0.15, -0.1) is 0 Å². The smallest absolute Gasteiger partial charge is 0.333 e. The molecule has 1 N–H and O–H groups in total. The summed E-state index contributed by atoms with van der Waals surface area (Å²) in [5.74, 6) is 0.495. The highest BCUT2D eigenvalue weighted by atomic mass is 16.6. The maximum absolute atomic E-state index is 11.2. The van der Waals surface area contributed by atoms with Gasteiger partial charge >= 0.3 is 5.69 Å². The lowest BCUT2D eigenvalue weighted by atomic mass is 10.3. The van der Waals surface area contributed by atoms with Gasteiger partial charge in [-0.1, -0.05) is 19.8 Å². The molecule has 0 saturated heterocycles.